The topological polar surface area (TPSA) is 50.7 Å². The number of nitrogens with zero attached hydrogens (tertiary/aromatic N) is 3. The fourth-order valence-corrected chi connectivity index (χ4v) is 3.94. The summed E-state index contributed by atoms with van der Waals surface area (Å²) in [7, 11) is 0. The van der Waals surface area contributed by atoms with E-state index in [4.69, 9.17) is 0 Å². The van der Waals surface area contributed by atoms with Crippen LogP contribution in [0.5, 0.6) is 0 Å². The van der Waals surface area contributed by atoms with E-state index in [1.54, 1.807) is 11.3 Å². The molecule has 4 nitrogen and oxygen atoms in total. The SMILES string of the molecule is CCCc1nnsc1C(Cc1nc(C)c(C)s1)NCC. The number of hydrogen-bond acceptors (Lipinski definition) is 6. The molecule has 6 heteroatoms. The van der Waals surface area contributed by atoms with Gasteiger partial charge in [0.2, 0.25) is 0 Å². The third kappa shape index (κ3) is 3.62. The van der Waals surface area contributed by atoms with Crippen molar-refractivity contribution in [2.75, 3.05) is 6.54 Å². The predicted octanol–water partition coefficient (Wildman–Crippen LogP) is 3.46. The quantitative estimate of drug-likeness (QED) is 0.851. The van der Waals surface area contributed by atoms with Crippen molar-refractivity contribution in [1.82, 2.24) is 19.9 Å². The molecule has 0 bridgehead atoms. The van der Waals surface area contributed by atoms with Crippen LogP contribution in [0, 0.1) is 13.8 Å². The van der Waals surface area contributed by atoms with Crippen molar-refractivity contribution in [3.05, 3.63) is 26.1 Å². The maximum Gasteiger partial charge on any atom is 0.0950 e. The Morgan fingerprint density at radius 3 is 2.65 bits per heavy atom. The summed E-state index contributed by atoms with van der Waals surface area (Å²) >= 11 is 3.32. The van der Waals surface area contributed by atoms with Crippen molar-refractivity contribution >= 4 is 22.9 Å². The molecule has 0 amide bonds. The third-order valence-corrected chi connectivity index (χ3v) is 5.27. The molecule has 20 heavy (non-hydrogen) atoms. The van der Waals surface area contributed by atoms with Crippen molar-refractivity contribution < 1.29 is 0 Å². The van der Waals surface area contributed by atoms with E-state index < -0.39 is 0 Å². The Hall–Kier alpha value is -0.850. The standard InChI is InChI=1S/C14H22N4S2/c1-5-7-11-14(20-18-17-11)12(15-6-2)8-13-16-9(3)10(4)19-13/h12,15H,5-8H2,1-4H3. The van der Waals surface area contributed by atoms with Gasteiger partial charge in [0, 0.05) is 11.3 Å². The van der Waals surface area contributed by atoms with Crippen LogP contribution >= 0.6 is 22.9 Å². The minimum absolute atomic E-state index is 0.284. The van der Waals surface area contributed by atoms with Crippen LogP contribution in [-0.4, -0.2) is 21.1 Å². The van der Waals surface area contributed by atoms with Crippen LogP contribution in [-0.2, 0) is 12.8 Å². The first kappa shape index (κ1) is 15.5. The first-order chi connectivity index (χ1) is 9.65. The van der Waals surface area contributed by atoms with E-state index in [0.717, 1.165) is 37.2 Å². The van der Waals surface area contributed by atoms with Crippen LogP contribution in [0.1, 0.15) is 52.5 Å². The van der Waals surface area contributed by atoms with Gasteiger partial charge in [0.15, 0.2) is 0 Å². The van der Waals surface area contributed by atoms with Gasteiger partial charge in [0.1, 0.15) is 0 Å². The molecule has 0 saturated heterocycles. The number of likely N-dealkylation sites (N-methyl/N-ethyl adjacent to an activating group) is 1. The van der Waals surface area contributed by atoms with Crippen LogP contribution in [0.2, 0.25) is 0 Å². The number of aryl methyl sites for hydroxylation is 3. The van der Waals surface area contributed by atoms with E-state index >= 15 is 0 Å². The molecule has 0 aliphatic rings. The Balaban J connectivity index is 2.19. The molecule has 0 aromatic carbocycles. The highest BCUT2D eigenvalue weighted by atomic mass is 32.1. The minimum Gasteiger partial charge on any atom is -0.309 e. The van der Waals surface area contributed by atoms with Gasteiger partial charge in [0.05, 0.1) is 27.3 Å². The summed E-state index contributed by atoms with van der Waals surface area (Å²) in [5.74, 6) is 0. The zero-order chi connectivity index (χ0) is 14.5. The molecule has 1 atom stereocenters. The summed E-state index contributed by atoms with van der Waals surface area (Å²) in [4.78, 5) is 7.25. The van der Waals surface area contributed by atoms with E-state index in [1.165, 1.54) is 26.3 Å². The zero-order valence-electron chi connectivity index (χ0n) is 12.6. The smallest absolute Gasteiger partial charge is 0.0950 e. The van der Waals surface area contributed by atoms with Gasteiger partial charge in [0.25, 0.3) is 0 Å². The number of nitrogens with one attached hydrogen (secondary N) is 1. The average molecular weight is 310 g/mol. The number of hydrogen-bond donors (Lipinski definition) is 1. The van der Waals surface area contributed by atoms with Gasteiger partial charge in [-0.05, 0) is 38.3 Å². The molecular formula is C14H22N4S2. The molecule has 0 spiro atoms. The summed E-state index contributed by atoms with van der Waals surface area (Å²) in [6, 6.07) is 0.284. The average Bonchev–Trinajstić information content (AvgIpc) is 2.97. The first-order valence-electron chi connectivity index (χ1n) is 7.13. The Bertz CT molecular complexity index is 528. The molecule has 1 unspecified atom stereocenters. The monoisotopic (exact) mass is 310 g/mol. The van der Waals surface area contributed by atoms with Crippen molar-refractivity contribution in [1.29, 1.82) is 0 Å². The van der Waals surface area contributed by atoms with Crippen molar-refractivity contribution in [3.63, 3.8) is 0 Å². The number of aromatic nitrogens is 3. The number of thiazole rings is 1. The second-order valence-electron chi connectivity index (χ2n) is 4.90. The second kappa shape index (κ2) is 7.24. The molecule has 1 N–H and O–H groups in total. The van der Waals surface area contributed by atoms with Crippen LogP contribution in [0.25, 0.3) is 0 Å². The highest BCUT2D eigenvalue weighted by Gasteiger charge is 2.20. The van der Waals surface area contributed by atoms with Crippen molar-refractivity contribution in [2.45, 2.75) is 53.0 Å². The van der Waals surface area contributed by atoms with Gasteiger partial charge < -0.3 is 5.32 Å². The first-order valence-corrected chi connectivity index (χ1v) is 8.72. The molecule has 2 rings (SSSR count). The molecule has 2 aromatic heterocycles. The molecule has 0 fully saturated rings. The fraction of sp³-hybridized carbons (Fsp3) is 0.643. The lowest BCUT2D eigenvalue weighted by molar-refractivity contribution is 0.550. The lowest BCUT2D eigenvalue weighted by atomic mass is 10.1. The highest BCUT2D eigenvalue weighted by Crippen LogP contribution is 2.27. The molecule has 2 aromatic rings. The molecular weight excluding hydrogens is 288 g/mol. The van der Waals surface area contributed by atoms with Gasteiger partial charge in [-0.3, -0.25) is 0 Å². The molecule has 2 heterocycles. The fourth-order valence-electron chi connectivity index (χ4n) is 2.20. The van der Waals surface area contributed by atoms with Crippen LogP contribution < -0.4 is 5.32 Å². The lowest BCUT2D eigenvalue weighted by Gasteiger charge is -2.15. The maximum atomic E-state index is 4.66. The van der Waals surface area contributed by atoms with E-state index in [1.807, 2.05) is 0 Å². The van der Waals surface area contributed by atoms with Crippen LogP contribution in [0.4, 0.5) is 0 Å². The van der Waals surface area contributed by atoms with E-state index in [2.05, 4.69) is 47.6 Å². The largest absolute Gasteiger partial charge is 0.309 e. The van der Waals surface area contributed by atoms with Crippen molar-refractivity contribution in [2.24, 2.45) is 0 Å². The van der Waals surface area contributed by atoms with Gasteiger partial charge in [-0.2, -0.15) is 0 Å². The van der Waals surface area contributed by atoms with Gasteiger partial charge in [-0.25, -0.2) is 4.98 Å². The Morgan fingerprint density at radius 1 is 1.25 bits per heavy atom. The molecule has 0 radical (unpaired) electrons. The molecule has 0 aliphatic heterocycles. The minimum atomic E-state index is 0.284. The Morgan fingerprint density at radius 2 is 2.05 bits per heavy atom. The van der Waals surface area contributed by atoms with Gasteiger partial charge in [-0.15, -0.1) is 16.4 Å². The second-order valence-corrected chi connectivity index (χ2v) is 6.97. The highest BCUT2D eigenvalue weighted by molar-refractivity contribution is 7.11. The summed E-state index contributed by atoms with van der Waals surface area (Å²) in [6.45, 7) is 9.47. The maximum absolute atomic E-state index is 4.66. The summed E-state index contributed by atoms with van der Waals surface area (Å²) in [5, 5.41) is 9.04. The summed E-state index contributed by atoms with van der Waals surface area (Å²) in [5.41, 5.74) is 2.30. The van der Waals surface area contributed by atoms with E-state index in [-0.39, 0.29) is 6.04 Å². The summed E-state index contributed by atoms with van der Waals surface area (Å²) < 4.78 is 4.14. The van der Waals surface area contributed by atoms with E-state index in [9.17, 15) is 0 Å². The summed E-state index contributed by atoms with van der Waals surface area (Å²) in [6.07, 6.45) is 3.03. The molecule has 110 valence electrons. The lowest BCUT2D eigenvalue weighted by Crippen LogP contribution is -2.23. The van der Waals surface area contributed by atoms with Crippen LogP contribution in [0.3, 0.4) is 0 Å². The zero-order valence-corrected chi connectivity index (χ0v) is 14.2. The van der Waals surface area contributed by atoms with E-state index in [0.29, 0.717) is 0 Å². The molecule has 0 aliphatic carbocycles. The third-order valence-electron chi connectivity index (χ3n) is 3.29. The van der Waals surface area contributed by atoms with Crippen molar-refractivity contribution in [3.8, 4) is 0 Å². The molecule has 0 saturated carbocycles. The predicted molar refractivity (Wildman–Crippen MR) is 85.6 cm³/mol. The Kier molecular flexibility index (Phi) is 5.63. The van der Waals surface area contributed by atoms with Crippen LogP contribution in [0.15, 0.2) is 0 Å². The Labute approximate surface area is 128 Å². The number of rotatable bonds is 7. The van der Waals surface area contributed by atoms with Gasteiger partial charge in [-0.1, -0.05) is 24.8 Å². The normalized spacial score (nSPS) is 12.8. The van der Waals surface area contributed by atoms with Gasteiger partial charge >= 0.3 is 0 Å².